The fourth-order valence-electron chi connectivity index (χ4n) is 4.29. The molecular formula is C28H36N4O3S. The average Bonchev–Trinajstić information content (AvgIpc) is 2.82. The van der Waals surface area contributed by atoms with Crippen molar-refractivity contribution < 1.29 is 14.3 Å². The molecule has 0 bridgehead atoms. The number of anilines is 2. The molecule has 0 unspecified atom stereocenters. The average molecular weight is 509 g/mol. The number of allylic oxidation sites excluding steroid dienone is 1. The van der Waals surface area contributed by atoms with E-state index in [1.807, 2.05) is 44.3 Å². The molecule has 8 heteroatoms. The molecular weight excluding hydrogens is 472 g/mol. The molecule has 3 N–H and O–H groups in total. The highest BCUT2D eigenvalue weighted by molar-refractivity contribution is 7.80. The van der Waals surface area contributed by atoms with Crippen LogP contribution in [0.5, 0.6) is 0 Å². The third-order valence-electron chi connectivity index (χ3n) is 6.36. The van der Waals surface area contributed by atoms with E-state index in [0.29, 0.717) is 16.4 Å². The highest BCUT2D eigenvalue weighted by Crippen LogP contribution is 2.33. The molecule has 1 heterocycles. The molecule has 1 aliphatic heterocycles. The van der Waals surface area contributed by atoms with Gasteiger partial charge in [0.2, 0.25) is 0 Å². The van der Waals surface area contributed by atoms with E-state index in [4.69, 9.17) is 17.0 Å². The number of benzene rings is 2. The van der Waals surface area contributed by atoms with E-state index in [-0.39, 0.29) is 30.4 Å². The van der Waals surface area contributed by atoms with E-state index < -0.39 is 6.04 Å². The maximum atomic E-state index is 12.9. The molecule has 0 aliphatic carbocycles. The highest BCUT2D eigenvalue weighted by atomic mass is 32.1. The van der Waals surface area contributed by atoms with Crippen molar-refractivity contribution >= 4 is 40.7 Å². The summed E-state index contributed by atoms with van der Waals surface area (Å²) in [6.07, 6.45) is 0. The number of carbonyl (C=O) groups excluding carboxylic acids is 2. The van der Waals surface area contributed by atoms with Gasteiger partial charge in [-0.2, -0.15) is 0 Å². The van der Waals surface area contributed by atoms with Gasteiger partial charge in [0, 0.05) is 24.1 Å². The van der Waals surface area contributed by atoms with E-state index in [9.17, 15) is 9.59 Å². The standard InChI is InChI=1S/C28H36N4O3S/c1-8-35-26(33)23-18(6)32(7)28(36)31-24(23)19-12-14-20(15-13-19)29-27(34)30-25-21(16(2)3)10-9-11-22(25)17(4)5/h9-17,24H,8H2,1-7H3,(H,31,36)(H2,29,30,34)/t24-/m1/s1. The third-order valence-corrected chi connectivity index (χ3v) is 6.75. The largest absolute Gasteiger partial charge is 0.463 e. The van der Waals surface area contributed by atoms with Crippen LogP contribution in [0.3, 0.4) is 0 Å². The van der Waals surface area contributed by atoms with Crippen molar-refractivity contribution in [2.24, 2.45) is 0 Å². The Morgan fingerprint density at radius 2 is 1.61 bits per heavy atom. The topological polar surface area (TPSA) is 82.7 Å². The maximum Gasteiger partial charge on any atom is 0.338 e. The second kappa shape index (κ2) is 11.6. The van der Waals surface area contributed by atoms with Crippen LogP contribution in [0.25, 0.3) is 0 Å². The van der Waals surface area contributed by atoms with Crippen LogP contribution in [0.1, 0.15) is 76.1 Å². The minimum Gasteiger partial charge on any atom is -0.463 e. The molecule has 2 aromatic rings. The second-order valence-corrected chi connectivity index (χ2v) is 9.87. The molecule has 1 aliphatic rings. The smallest absolute Gasteiger partial charge is 0.338 e. The SMILES string of the molecule is CCOC(=O)C1=C(C)N(C)C(=S)N[C@@H]1c1ccc(NC(=O)Nc2c(C(C)C)cccc2C(C)C)cc1. The number of urea groups is 1. The molecule has 192 valence electrons. The lowest BCUT2D eigenvalue weighted by Crippen LogP contribution is -2.46. The Kier molecular flexibility index (Phi) is 8.74. The molecule has 0 fully saturated rings. The van der Waals surface area contributed by atoms with E-state index >= 15 is 0 Å². The summed E-state index contributed by atoms with van der Waals surface area (Å²) in [6.45, 7) is 12.4. The molecule has 2 amide bonds. The molecule has 3 rings (SSSR count). The quantitative estimate of drug-likeness (QED) is 0.302. The van der Waals surface area contributed by atoms with Crippen LogP contribution in [0.2, 0.25) is 0 Å². The number of esters is 1. The Morgan fingerprint density at radius 1 is 1.03 bits per heavy atom. The van der Waals surface area contributed by atoms with Gasteiger partial charge in [-0.3, -0.25) is 0 Å². The monoisotopic (exact) mass is 508 g/mol. The summed E-state index contributed by atoms with van der Waals surface area (Å²) in [6, 6.07) is 12.8. The summed E-state index contributed by atoms with van der Waals surface area (Å²) in [5.74, 6) is 0.168. The van der Waals surface area contributed by atoms with Gasteiger partial charge in [-0.1, -0.05) is 58.0 Å². The van der Waals surface area contributed by atoms with Gasteiger partial charge in [-0.15, -0.1) is 0 Å². The van der Waals surface area contributed by atoms with Gasteiger partial charge in [0.1, 0.15) is 0 Å². The number of hydrogen-bond acceptors (Lipinski definition) is 4. The summed E-state index contributed by atoms with van der Waals surface area (Å²) >= 11 is 5.45. The van der Waals surface area contributed by atoms with Crippen LogP contribution in [0.15, 0.2) is 53.7 Å². The first-order valence-electron chi connectivity index (χ1n) is 12.3. The van der Waals surface area contributed by atoms with Crippen LogP contribution >= 0.6 is 12.2 Å². The van der Waals surface area contributed by atoms with Gasteiger partial charge >= 0.3 is 12.0 Å². The molecule has 0 saturated carbocycles. The first-order valence-corrected chi connectivity index (χ1v) is 12.7. The fraction of sp³-hybridized carbons (Fsp3) is 0.393. The summed E-state index contributed by atoms with van der Waals surface area (Å²) in [5, 5.41) is 9.74. The Hall–Kier alpha value is -3.39. The number of hydrogen-bond donors (Lipinski definition) is 3. The van der Waals surface area contributed by atoms with E-state index in [1.54, 1.807) is 11.8 Å². The zero-order chi connectivity index (χ0) is 26.6. The Bertz CT molecular complexity index is 1150. The molecule has 7 nitrogen and oxygen atoms in total. The third kappa shape index (κ3) is 5.87. The first-order chi connectivity index (χ1) is 17.0. The van der Waals surface area contributed by atoms with Gasteiger partial charge in [-0.05, 0) is 66.7 Å². The van der Waals surface area contributed by atoms with Crippen molar-refractivity contribution in [1.29, 1.82) is 0 Å². The van der Waals surface area contributed by atoms with Crippen LogP contribution < -0.4 is 16.0 Å². The van der Waals surface area contributed by atoms with Crippen molar-refractivity contribution in [2.45, 2.75) is 59.4 Å². The second-order valence-electron chi connectivity index (χ2n) is 9.48. The summed E-state index contributed by atoms with van der Waals surface area (Å²) < 4.78 is 5.30. The normalized spacial score (nSPS) is 15.8. The number of nitrogens with zero attached hydrogens (tertiary/aromatic N) is 1. The zero-order valence-electron chi connectivity index (χ0n) is 22.1. The maximum absolute atomic E-state index is 12.9. The van der Waals surface area contributed by atoms with Crippen LogP contribution in [0.4, 0.5) is 16.2 Å². The molecule has 36 heavy (non-hydrogen) atoms. The Balaban J connectivity index is 1.82. The van der Waals surface area contributed by atoms with E-state index in [1.165, 1.54) is 0 Å². The van der Waals surface area contributed by atoms with Crippen LogP contribution in [0, 0.1) is 0 Å². The summed E-state index contributed by atoms with van der Waals surface area (Å²) in [7, 11) is 1.81. The van der Waals surface area contributed by atoms with Crippen molar-refractivity contribution in [3.05, 3.63) is 70.4 Å². The number of carbonyl (C=O) groups is 2. The molecule has 2 aromatic carbocycles. The van der Waals surface area contributed by atoms with Crippen molar-refractivity contribution in [3.63, 3.8) is 0 Å². The molecule has 0 spiro atoms. The predicted octanol–water partition coefficient (Wildman–Crippen LogP) is 6.28. The van der Waals surface area contributed by atoms with Gasteiger partial charge in [-0.25, -0.2) is 9.59 Å². The number of thiocarbonyl (C=S) groups is 1. The van der Waals surface area contributed by atoms with E-state index in [2.05, 4.69) is 55.8 Å². The minimum atomic E-state index is -0.442. The Labute approximate surface area is 219 Å². The molecule has 0 aromatic heterocycles. The number of ether oxygens (including phenoxy) is 1. The van der Waals surface area contributed by atoms with Gasteiger partial charge < -0.3 is 25.6 Å². The predicted molar refractivity (Wildman–Crippen MR) is 149 cm³/mol. The minimum absolute atomic E-state index is 0.275. The highest BCUT2D eigenvalue weighted by Gasteiger charge is 2.33. The van der Waals surface area contributed by atoms with E-state index in [0.717, 1.165) is 28.1 Å². The lowest BCUT2D eigenvalue weighted by Gasteiger charge is -2.35. The number of para-hydroxylation sites is 1. The molecule has 1 atom stereocenters. The summed E-state index contributed by atoms with van der Waals surface area (Å²) in [5.41, 5.74) is 5.80. The number of nitrogens with one attached hydrogen (secondary N) is 3. The van der Waals surface area contributed by atoms with Crippen molar-refractivity contribution in [3.8, 4) is 0 Å². The number of amides is 2. The first kappa shape index (κ1) is 27.2. The number of rotatable bonds is 7. The van der Waals surface area contributed by atoms with Crippen LogP contribution in [-0.4, -0.2) is 35.7 Å². The zero-order valence-corrected chi connectivity index (χ0v) is 22.9. The lowest BCUT2D eigenvalue weighted by atomic mass is 9.93. The van der Waals surface area contributed by atoms with Gasteiger partial charge in [0.15, 0.2) is 5.11 Å². The van der Waals surface area contributed by atoms with Crippen molar-refractivity contribution in [1.82, 2.24) is 10.2 Å². The van der Waals surface area contributed by atoms with Gasteiger partial charge in [0.05, 0.1) is 18.2 Å². The Morgan fingerprint density at radius 3 is 2.14 bits per heavy atom. The molecule has 0 saturated heterocycles. The molecule has 0 radical (unpaired) electrons. The fourth-order valence-corrected chi connectivity index (χ4v) is 4.54. The lowest BCUT2D eigenvalue weighted by molar-refractivity contribution is -0.139. The summed E-state index contributed by atoms with van der Waals surface area (Å²) in [4.78, 5) is 27.4. The van der Waals surface area contributed by atoms with Crippen molar-refractivity contribution in [2.75, 3.05) is 24.3 Å². The van der Waals surface area contributed by atoms with Crippen LogP contribution in [-0.2, 0) is 9.53 Å². The van der Waals surface area contributed by atoms with Gasteiger partial charge in [0.25, 0.3) is 0 Å².